The molecule has 3 N–H and O–H groups in total. The average Bonchev–Trinajstić information content (AvgIpc) is 2.38. The first kappa shape index (κ1) is 13.9. The van der Waals surface area contributed by atoms with E-state index in [9.17, 15) is 8.78 Å². The highest BCUT2D eigenvalue weighted by Crippen LogP contribution is 2.21. The lowest BCUT2D eigenvalue weighted by atomic mass is 10.1. The predicted molar refractivity (Wildman–Crippen MR) is 69.4 cm³/mol. The summed E-state index contributed by atoms with van der Waals surface area (Å²) >= 11 is 0. The summed E-state index contributed by atoms with van der Waals surface area (Å²) in [6.45, 7) is -0.951. The minimum Gasteiger partial charge on any atom is -0.435 e. The second-order valence-electron chi connectivity index (χ2n) is 3.98. The molecule has 0 amide bonds. The zero-order valence-corrected chi connectivity index (χ0v) is 10.6. The number of nitrogens with two attached hydrogens (primary N) is 1. The number of alkyl halides is 2. The van der Waals surface area contributed by atoms with E-state index in [-0.39, 0.29) is 17.7 Å². The second kappa shape index (κ2) is 6.09. The Kier molecular flexibility index (Phi) is 4.24. The topological polar surface area (TPSA) is 86.0 Å². The maximum atomic E-state index is 12.0. The molecule has 1 heterocycles. The van der Waals surface area contributed by atoms with Gasteiger partial charge in [-0.2, -0.15) is 13.8 Å². The molecule has 1 unspecified atom stereocenters. The van der Waals surface area contributed by atoms with Crippen molar-refractivity contribution in [2.24, 2.45) is 0 Å². The lowest BCUT2D eigenvalue weighted by Gasteiger charge is -2.14. The number of hydrogen-bond donors (Lipinski definition) is 2. The van der Waals surface area contributed by atoms with Crippen LogP contribution in [0.4, 0.5) is 20.7 Å². The van der Waals surface area contributed by atoms with Crippen LogP contribution in [0.3, 0.4) is 0 Å². The minimum atomic E-state index is -2.83. The number of nitrogens with one attached hydrogen (secondary N) is 1. The zero-order chi connectivity index (χ0) is 14.5. The highest BCUT2D eigenvalue weighted by Gasteiger charge is 2.09. The van der Waals surface area contributed by atoms with Gasteiger partial charge in [-0.25, -0.2) is 9.97 Å². The third-order valence-electron chi connectivity index (χ3n) is 2.54. The number of benzene rings is 1. The van der Waals surface area contributed by atoms with Crippen LogP contribution in [0, 0.1) is 0 Å². The van der Waals surface area contributed by atoms with Gasteiger partial charge in [0.2, 0.25) is 11.9 Å². The molecule has 0 bridgehead atoms. The summed E-state index contributed by atoms with van der Waals surface area (Å²) < 4.78 is 28.4. The summed E-state index contributed by atoms with van der Waals surface area (Å²) in [5.41, 5.74) is 6.32. The maximum Gasteiger partial charge on any atom is 0.387 e. The maximum absolute atomic E-state index is 12.0. The van der Waals surface area contributed by atoms with Gasteiger partial charge in [0.15, 0.2) is 0 Å². The van der Waals surface area contributed by atoms with Crippen molar-refractivity contribution in [1.82, 2.24) is 15.0 Å². The number of aromatic nitrogens is 3. The van der Waals surface area contributed by atoms with Gasteiger partial charge in [-0.1, -0.05) is 12.1 Å². The van der Waals surface area contributed by atoms with E-state index in [2.05, 4.69) is 25.0 Å². The fourth-order valence-electron chi connectivity index (χ4n) is 1.59. The van der Waals surface area contributed by atoms with Crippen molar-refractivity contribution in [2.75, 3.05) is 11.1 Å². The Balaban J connectivity index is 2.03. The molecule has 6 nitrogen and oxygen atoms in total. The Morgan fingerprint density at radius 3 is 2.50 bits per heavy atom. The number of hydrogen-bond acceptors (Lipinski definition) is 6. The monoisotopic (exact) mass is 281 g/mol. The molecular formula is C12H13F2N5O. The molecule has 0 aliphatic rings. The smallest absolute Gasteiger partial charge is 0.387 e. The van der Waals surface area contributed by atoms with Crippen molar-refractivity contribution >= 4 is 11.9 Å². The molecule has 106 valence electrons. The highest BCUT2D eigenvalue weighted by atomic mass is 19.3. The minimum absolute atomic E-state index is 0.111. The molecule has 0 radical (unpaired) electrons. The van der Waals surface area contributed by atoms with Crippen molar-refractivity contribution in [3.05, 3.63) is 36.2 Å². The van der Waals surface area contributed by atoms with Crippen LogP contribution in [0.2, 0.25) is 0 Å². The van der Waals surface area contributed by atoms with E-state index in [0.29, 0.717) is 5.95 Å². The molecule has 0 fully saturated rings. The van der Waals surface area contributed by atoms with Crippen LogP contribution in [-0.2, 0) is 0 Å². The average molecular weight is 281 g/mol. The van der Waals surface area contributed by atoms with Gasteiger partial charge in [0.1, 0.15) is 12.1 Å². The fraction of sp³-hybridized carbons (Fsp3) is 0.250. The van der Waals surface area contributed by atoms with Crippen LogP contribution in [0.5, 0.6) is 5.75 Å². The van der Waals surface area contributed by atoms with E-state index in [1.54, 1.807) is 12.1 Å². The molecule has 0 saturated carbocycles. The Bertz CT molecular complexity index is 564. The van der Waals surface area contributed by atoms with Crippen molar-refractivity contribution < 1.29 is 13.5 Å². The molecule has 1 aromatic heterocycles. The first-order valence-electron chi connectivity index (χ1n) is 5.80. The number of ether oxygens (including phenoxy) is 1. The quantitative estimate of drug-likeness (QED) is 0.874. The summed E-state index contributed by atoms with van der Waals surface area (Å²) in [7, 11) is 0. The van der Waals surface area contributed by atoms with Gasteiger partial charge in [0.25, 0.3) is 0 Å². The second-order valence-corrected chi connectivity index (χ2v) is 3.98. The van der Waals surface area contributed by atoms with E-state index in [1.165, 1.54) is 18.5 Å². The number of nitrogen functional groups attached to an aromatic ring is 1. The summed E-state index contributed by atoms with van der Waals surface area (Å²) in [4.78, 5) is 11.5. The normalized spacial score (nSPS) is 12.2. The van der Waals surface area contributed by atoms with E-state index in [0.717, 1.165) is 5.56 Å². The van der Waals surface area contributed by atoms with Gasteiger partial charge in [0.05, 0.1) is 6.04 Å². The van der Waals surface area contributed by atoms with E-state index >= 15 is 0 Å². The first-order valence-corrected chi connectivity index (χ1v) is 5.80. The molecule has 2 rings (SSSR count). The van der Waals surface area contributed by atoms with Crippen molar-refractivity contribution in [3.63, 3.8) is 0 Å². The van der Waals surface area contributed by atoms with E-state index < -0.39 is 6.61 Å². The van der Waals surface area contributed by atoms with E-state index in [1.807, 2.05) is 6.92 Å². The Hall–Kier alpha value is -2.51. The Morgan fingerprint density at radius 2 is 1.90 bits per heavy atom. The van der Waals surface area contributed by atoms with Crippen LogP contribution in [0.15, 0.2) is 30.6 Å². The molecule has 20 heavy (non-hydrogen) atoms. The van der Waals surface area contributed by atoms with Gasteiger partial charge >= 0.3 is 6.61 Å². The van der Waals surface area contributed by atoms with Crippen LogP contribution < -0.4 is 15.8 Å². The molecule has 1 atom stereocenters. The summed E-state index contributed by atoms with van der Waals surface area (Å²) in [6, 6.07) is 6.18. The summed E-state index contributed by atoms with van der Waals surface area (Å²) in [6.07, 6.45) is 1.30. The number of rotatable bonds is 5. The fourth-order valence-corrected chi connectivity index (χ4v) is 1.59. The van der Waals surface area contributed by atoms with Gasteiger partial charge in [-0.3, -0.25) is 0 Å². The van der Waals surface area contributed by atoms with Crippen LogP contribution in [0.1, 0.15) is 18.5 Å². The predicted octanol–water partition coefficient (Wildman–Crippen LogP) is 2.23. The molecule has 1 aromatic carbocycles. The standard InChI is InChI=1S/C12H13F2N5O/c1-7(18-12-17-6-16-11(15)19-12)8-2-4-9(5-3-8)20-10(13)14/h2-7,10H,1H3,(H3,15,16,17,18,19). The largest absolute Gasteiger partial charge is 0.435 e. The SMILES string of the molecule is CC(Nc1ncnc(N)n1)c1ccc(OC(F)F)cc1. The van der Waals surface area contributed by atoms with Crippen molar-refractivity contribution in [3.8, 4) is 5.75 Å². The lowest BCUT2D eigenvalue weighted by Crippen LogP contribution is -2.11. The number of anilines is 2. The Labute approximate surface area is 114 Å². The van der Waals surface area contributed by atoms with Gasteiger partial charge in [-0.15, -0.1) is 0 Å². The summed E-state index contributed by atoms with van der Waals surface area (Å²) in [5, 5.41) is 3.03. The van der Waals surface area contributed by atoms with Gasteiger partial charge < -0.3 is 15.8 Å². The third-order valence-corrected chi connectivity index (χ3v) is 2.54. The van der Waals surface area contributed by atoms with Gasteiger partial charge in [0, 0.05) is 0 Å². The molecular weight excluding hydrogens is 268 g/mol. The Morgan fingerprint density at radius 1 is 1.20 bits per heavy atom. The molecule has 0 saturated heterocycles. The highest BCUT2D eigenvalue weighted by molar-refractivity contribution is 5.36. The molecule has 0 aliphatic carbocycles. The van der Waals surface area contributed by atoms with Crippen molar-refractivity contribution in [2.45, 2.75) is 19.6 Å². The molecule has 8 heteroatoms. The molecule has 0 aliphatic heterocycles. The lowest BCUT2D eigenvalue weighted by molar-refractivity contribution is -0.0498. The van der Waals surface area contributed by atoms with Crippen molar-refractivity contribution in [1.29, 1.82) is 0 Å². The van der Waals surface area contributed by atoms with Gasteiger partial charge in [-0.05, 0) is 24.6 Å². The van der Waals surface area contributed by atoms with Crippen LogP contribution in [-0.4, -0.2) is 21.6 Å². The molecule has 0 spiro atoms. The number of nitrogens with zero attached hydrogens (tertiary/aromatic N) is 3. The van der Waals surface area contributed by atoms with Crippen LogP contribution in [0.25, 0.3) is 0 Å². The first-order chi connectivity index (χ1) is 9.54. The zero-order valence-electron chi connectivity index (χ0n) is 10.6. The molecule has 2 aromatic rings. The van der Waals surface area contributed by atoms with Crippen LogP contribution >= 0.6 is 0 Å². The summed E-state index contributed by atoms with van der Waals surface area (Å²) in [5.74, 6) is 0.577. The third kappa shape index (κ3) is 3.74. The van der Waals surface area contributed by atoms with E-state index in [4.69, 9.17) is 5.73 Å². The number of halogens is 2.